The summed E-state index contributed by atoms with van der Waals surface area (Å²) in [5, 5.41) is 3.64. The molecule has 3 aromatic rings. The summed E-state index contributed by atoms with van der Waals surface area (Å²) in [7, 11) is 0. The van der Waals surface area contributed by atoms with Crippen molar-refractivity contribution in [1.29, 1.82) is 0 Å². The lowest BCUT2D eigenvalue weighted by Gasteiger charge is -2.06. The summed E-state index contributed by atoms with van der Waals surface area (Å²) >= 11 is 0. The number of hydrogen-bond donors (Lipinski definition) is 1. The third kappa shape index (κ3) is 2.41. The number of halogens is 3. The van der Waals surface area contributed by atoms with Gasteiger partial charge in [-0.05, 0) is 25.1 Å². The first-order valence-corrected chi connectivity index (χ1v) is 5.97. The smallest absolute Gasteiger partial charge is 0.369 e. The van der Waals surface area contributed by atoms with Crippen molar-refractivity contribution >= 4 is 17.0 Å². The molecule has 9 heteroatoms. The summed E-state index contributed by atoms with van der Waals surface area (Å²) in [4.78, 5) is 7.97. The van der Waals surface area contributed by atoms with Crippen LogP contribution in [0.4, 0.5) is 19.1 Å². The Hall–Kier alpha value is -2.58. The monoisotopic (exact) mass is 297 g/mol. The normalized spacial score (nSPS) is 12.2. The van der Waals surface area contributed by atoms with E-state index >= 15 is 0 Å². The maximum Gasteiger partial charge on any atom is 0.416 e. The van der Waals surface area contributed by atoms with Crippen molar-refractivity contribution in [2.45, 2.75) is 19.6 Å². The Morgan fingerprint density at radius 3 is 2.67 bits per heavy atom. The number of nitrogen functional groups attached to an aromatic ring is 1. The minimum atomic E-state index is -4.42. The van der Waals surface area contributed by atoms with Gasteiger partial charge in [0.25, 0.3) is 0 Å². The molecule has 0 radical (unpaired) electrons. The van der Waals surface area contributed by atoms with Gasteiger partial charge in [0, 0.05) is 0 Å². The highest BCUT2D eigenvalue weighted by molar-refractivity contribution is 5.79. The maximum absolute atomic E-state index is 12.7. The van der Waals surface area contributed by atoms with Gasteiger partial charge in [0.2, 0.25) is 11.8 Å². The second-order valence-electron chi connectivity index (χ2n) is 4.49. The summed E-state index contributed by atoms with van der Waals surface area (Å²) in [6, 6.07) is 3.27. The van der Waals surface area contributed by atoms with Gasteiger partial charge < -0.3 is 14.8 Å². The zero-order chi connectivity index (χ0) is 15.2. The molecule has 0 aliphatic rings. The van der Waals surface area contributed by atoms with Crippen molar-refractivity contribution in [3.63, 3.8) is 0 Å². The molecule has 110 valence electrons. The Bertz CT molecular complexity index is 805. The van der Waals surface area contributed by atoms with Crippen molar-refractivity contribution in [1.82, 2.24) is 19.7 Å². The summed E-state index contributed by atoms with van der Waals surface area (Å²) in [6.45, 7) is 1.81. The number of nitrogens with two attached hydrogens (primary N) is 1. The van der Waals surface area contributed by atoms with Crippen LogP contribution < -0.4 is 5.73 Å². The molecule has 0 unspecified atom stereocenters. The summed E-state index contributed by atoms with van der Waals surface area (Å²) in [5.41, 5.74) is 5.61. The number of aromatic nitrogens is 4. The highest BCUT2D eigenvalue weighted by Gasteiger charge is 2.31. The Morgan fingerprint density at radius 2 is 2.05 bits per heavy atom. The fraction of sp³-hybridized carbons (Fsp3) is 0.250. The van der Waals surface area contributed by atoms with E-state index in [1.807, 2.05) is 0 Å². The van der Waals surface area contributed by atoms with E-state index in [9.17, 15) is 13.2 Å². The Morgan fingerprint density at radius 1 is 1.29 bits per heavy atom. The van der Waals surface area contributed by atoms with E-state index in [-0.39, 0.29) is 18.0 Å². The Kier molecular flexibility index (Phi) is 2.85. The molecule has 0 atom stereocenters. The van der Waals surface area contributed by atoms with Gasteiger partial charge in [0.1, 0.15) is 6.54 Å². The quantitative estimate of drug-likeness (QED) is 0.785. The second-order valence-corrected chi connectivity index (χ2v) is 4.49. The summed E-state index contributed by atoms with van der Waals surface area (Å²) in [6.07, 6.45) is -4.42. The van der Waals surface area contributed by atoms with Crippen LogP contribution in [0, 0.1) is 6.92 Å². The third-order valence-electron chi connectivity index (χ3n) is 2.97. The molecular weight excluding hydrogens is 287 g/mol. The van der Waals surface area contributed by atoms with Crippen LogP contribution in [0.5, 0.6) is 0 Å². The highest BCUT2D eigenvalue weighted by Crippen LogP contribution is 2.31. The number of aryl methyl sites for hydroxylation is 1. The molecule has 21 heavy (non-hydrogen) atoms. The van der Waals surface area contributed by atoms with E-state index in [0.29, 0.717) is 17.2 Å². The maximum atomic E-state index is 12.7. The third-order valence-corrected chi connectivity index (χ3v) is 2.97. The summed E-state index contributed by atoms with van der Waals surface area (Å²) in [5.74, 6) is 0.853. The van der Waals surface area contributed by atoms with E-state index in [4.69, 9.17) is 10.3 Å². The number of hydrogen-bond acceptors (Lipinski definition) is 5. The van der Waals surface area contributed by atoms with Crippen molar-refractivity contribution in [3.8, 4) is 0 Å². The van der Waals surface area contributed by atoms with Gasteiger partial charge in [0.05, 0.1) is 16.6 Å². The average molecular weight is 297 g/mol. The molecule has 2 aromatic heterocycles. The fourth-order valence-corrected chi connectivity index (χ4v) is 2.03. The van der Waals surface area contributed by atoms with Crippen LogP contribution in [0.15, 0.2) is 22.7 Å². The van der Waals surface area contributed by atoms with Crippen molar-refractivity contribution in [2.75, 3.05) is 5.73 Å². The van der Waals surface area contributed by atoms with Crippen LogP contribution in [-0.4, -0.2) is 19.7 Å². The van der Waals surface area contributed by atoms with Gasteiger partial charge in [-0.25, -0.2) is 4.98 Å². The van der Waals surface area contributed by atoms with Crippen LogP contribution in [0.2, 0.25) is 0 Å². The molecule has 1 aromatic carbocycles. The van der Waals surface area contributed by atoms with Gasteiger partial charge in [0.15, 0.2) is 5.82 Å². The zero-order valence-electron chi connectivity index (χ0n) is 10.8. The number of rotatable bonds is 2. The van der Waals surface area contributed by atoms with Gasteiger partial charge in [-0.1, -0.05) is 5.16 Å². The lowest BCUT2D eigenvalue weighted by molar-refractivity contribution is -0.137. The molecule has 0 bridgehead atoms. The highest BCUT2D eigenvalue weighted by atomic mass is 19.4. The first-order chi connectivity index (χ1) is 9.84. The molecule has 0 spiro atoms. The van der Waals surface area contributed by atoms with Crippen molar-refractivity contribution in [2.24, 2.45) is 0 Å². The molecule has 2 N–H and O–H groups in total. The number of benzene rings is 1. The van der Waals surface area contributed by atoms with E-state index in [0.717, 1.165) is 12.1 Å². The number of alkyl halides is 3. The van der Waals surface area contributed by atoms with Gasteiger partial charge in [-0.2, -0.15) is 18.2 Å². The Balaban J connectivity index is 2.05. The van der Waals surface area contributed by atoms with E-state index < -0.39 is 11.7 Å². The van der Waals surface area contributed by atoms with E-state index in [1.54, 1.807) is 6.92 Å². The van der Waals surface area contributed by atoms with Gasteiger partial charge in [-0.3, -0.25) is 0 Å². The predicted molar refractivity (Wildman–Crippen MR) is 67.3 cm³/mol. The van der Waals surface area contributed by atoms with Crippen molar-refractivity contribution < 1.29 is 17.7 Å². The fourth-order valence-electron chi connectivity index (χ4n) is 2.03. The SMILES string of the molecule is Cc1noc(Cn2c(N)nc3cc(C(F)(F)F)ccc32)n1. The molecule has 0 aliphatic carbocycles. The molecule has 0 saturated carbocycles. The van der Waals surface area contributed by atoms with Crippen LogP contribution in [0.25, 0.3) is 11.0 Å². The average Bonchev–Trinajstić information content (AvgIpc) is 2.93. The molecule has 0 fully saturated rings. The van der Waals surface area contributed by atoms with Crippen LogP contribution in [0.3, 0.4) is 0 Å². The molecule has 0 saturated heterocycles. The number of imidazole rings is 1. The van der Waals surface area contributed by atoms with Crippen LogP contribution >= 0.6 is 0 Å². The minimum Gasteiger partial charge on any atom is -0.369 e. The minimum absolute atomic E-state index is 0.0835. The predicted octanol–water partition coefficient (Wildman–Crippen LogP) is 2.38. The standard InChI is InChI=1S/C12H10F3N5O/c1-6-17-10(21-19-6)5-20-9-3-2-7(12(13,14)15)4-8(9)18-11(20)16/h2-4H,5H2,1H3,(H2,16,18). The van der Waals surface area contributed by atoms with Crippen LogP contribution in [0.1, 0.15) is 17.3 Å². The van der Waals surface area contributed by atoms with E-state index in [1.165, 1.54) is 10.6 Å². The number of fused-ring (bicyclic) bond motifs is 1. The topological polar surface area (TPSA) is 82.8 Å². The molecule has 6 nitrogen and oxygen atoms in total. The van der Waals surface area contributed by atoms with Crippen LogP contribution in [-0.2, 0) is 12.7 Å². The first kappa shape index (κ1) is 13.4. The molecule has 2 heterocycles. The molecule has 0 aliphatic heterocycles. The zero-order valence-corrected chi connectivity index (χ0v) is 10.8. The largest absolute Gasteiger partial charge is 0.416 e. The number of nitrogens with zero attached hydrogens (tertiary/aromatic N) is 4. The van der Waals surface area contributed by atoms with E-state index in [2.05, 4.69) is 15.1 Å². The molecule has 0 amide bonds. The van der Waals surface area contributed by atoms with Crippen molar-refractivity contribution in [3.05, 3.63) is 35.5 Å². The first-order valence-electron chi connectivity index (χ1n) is 5.97. The lowest BCUT2D eigenvalue weighted by Crippen LogP contribution is -2.06. The Labute approximate surface area is 116 Å². The molecule has 3 rings (SSSR count). The van der Waals surface area contributed by atoms with Gasteiger partial charge in [-0.15, -0.1) is 0 Å². The molecular formula is C12H10F3N5O. The second kappa shape index (κ2) is 4.47. The summed E-state index contributed by atoms with van der Waals surface area (Å²) < 4.78 is 44.5. The number of anilines is 1. The lowest BCUT2D eigenvalue weighted by atomic mass is 10.2. The van der Waals surface area contributed by atoms with Gasteiger partial charge >= 0.3 is 6.18 Å².